The Labute approximate surface area is 129 Å². The summed E-state index contributed by atoms with van der Waals surface area (Å²) < 4.78 is 5.31. The van der Waals surface area contributed by atoms with Crippen LogP contribution >= 0.6 is 11.6 Å². The molecule has 0 bridgehead atoms. The second-order valence-corrected chi connectivity index (χ2v) is 5.47. The van der Waals surface area contributed by atoms with E-state index in [1.165, 1.54) is 12.1 Å². The van der Waals surface area contributed by atoms with E-state index in [1.807, 2.05) is 19.9 Å². The van der Waals surface area contributed by atoms with Gasteiger partial charge in [0.15, 0.2) is 6.61 Å². The van der Waals surface area contributed by atoms with Crippen molar-refractivity contribution >= 4 is 17.5 Å². The smallest absolute Gasteiger partial charge is 0.259 e. The molecule has 5 nitrogen and oxygen atoms in total. The molecule has 1 aromatic carbocycles. The zero-order valence-electron chi connectivity index (χ0n) is 12.1. The molecule has 1 atom stereocenters. The average molecular weight is 306 g/mol. The number of nitrogens with one attached hydrogen (secondary N) is 1. The molecule has 0 saturated carbocycles. The first-order valence-corrected chi connectivity index (χ1v) is 6.75. The Morgan fingerprint density at radius 3 is 2.62 bits per heavy atom. The number of rotatable bonds is 5. The molecular formula is C15H16ClN3O2. The number of hydrogen-bond donors (Lipinski definition) is 1. The summed E-state index contributed by atoms with van der Waals surface area (Å²) in [5, 5.41) is 20.8. The van der Waals surface area contributed by atoms with Crippen LogP contribution in [-0.2, 0) is 4.79 Å². The van der Waals surface area contributed by atoms with Gasteiger partial charge in [0.1, 0.15) is 11.3 Å². The summed E-state index contributed by atoms with van der Waals surface area (Å²) in [5.74, 6) is -0.132. The number of carbonyl (C=O) groups excluding carboxylic acids is 1. The standard InChI is InChI=1S/C15H16ClN3O2/c1-10(2)15(3,9-18)19-14(20)8-21-13-5-4-11(7-17)6-12(13)16/h4-6,10H,8H2,1-3H3,(H,19,20)/t15-/m0/s1. The lowest BCUT2D eigenvalue weighted by atomic mass is 9.90. The normalized spacial score (nSPS) is 12.9. The third-order valence-electron chi connectivity index (χ3n) is 3.21. The maximum atomic E-state index is 11.8. The largest absolute Gasteiger partial charge is 0.482 e. The topological polar surface area (TPSA) is 85.9 Å². The van der Waals surface area contributed by atoms with Gasteiger partial charge in [-0.3, -0.25) is 4.79 Å². The van der Waals surface area contributed by atoms with Gasteiger partial charge in [0.2, 0.25) is 0 Å². The van der Waals surface area contributed by atoms with Gasteiger partial charge in [-0.15, -0.1) is 0 Å². The molecule has 0 aromatic heterocycles. The number of hydrogen-bond acceptors (Lipinski definition) is 4. The van der Waals surface area contributed by atoms with Crippen LogP contribution in [0.1, 0.15) is 26.3 Å². The van der Waals surface area contributed by atoms with Crippen LogP contribution in [0.2, 0.25) is 5.02 Å². The highest BCUT2D eigenvalue weighted by atomic mass is 35.5. The van der Waals surface area contributed by atoms with Crippen LogP contribution in [0.15, 0.2) is 18.2 Å². The van der Waals surface area contributed by atoms with E-state index in [9.17, 15) is 4.79 Å². The summed E-state index contributed by atoms with van der Waals surface area (Å²) in [5.41, 5.74) is -0.539. The number of benzene rings is 1. The molecule has 1 rings (SSSR count). The number of nitrogens with zero attached hydrogens (tertiary/aromatic N) is 2. The summed E-state index contributed by atoms with van der Waals surface area (Å²) in [7, 11) is 0. The van der Waals surface area contributed by atoms with Crippen molar-refractivity contribution in [2.75, 3.05) is 6.61 Å². The predicted octanol–water partition coefficient (Wildman–Crippen LogP) is 2.64. The van der Waals surface area contributed by atoms with E-state index < -0.39 is 11.4 Å². The van der Waals surface area contributed by atoms with Crippen LogP contribution in [-0.4, -0.2) is 18.1 Å². The summed E-state index contributed by atoms with van der Waals surface area (Å²) in [6.45, 7) is 5.10. The molecule has 110 valence electrons. The molecule has 1 amide bonds. The van der Waals surface area contributed by atoms with Crippen molar-refractivity contribution in [2.24, 2.45) is 5.92 Å². The fourth-order valence-corrected chi connectivity index (χ4v) is 1.69. The number of carbonyl (C=O) groups is 1. The van der Waals surface area contributed by atoms with Gasteiger partial charge in [-0.2, -0.15) is 10.5 Å². The van der Waals surface area contributed by atoms with E-state index in [4.69, 9.17) is 26.9 Å². The molecular weight excluding hydrogens is 290 g/mol. The lowest BCUT2D eigenvalue weighted by molar-refractivity contribution is -0.124. The highest BCUT2D eigenvalue weighted by molar-refractivity contribution is 6.32. The fourth-order valence-electron chi connectivity index (χ4n) is 1.46. The van der Waals surface area contributed by atoms with Gasteiger partial charge in [-0.1, -0.05) is 25.4 Å². The third-order valence-corrected chi connectivity index (χ3v) is 3.50. The second kappa shape index (κ2) is 6.97. The maximum absolute atomic E-state index is 11.8. The molecule has 0 radical (unpaired) electrons. The molecule has 0 aliphatic rings. The molecule has 0 spiro atoms. The maximum Gasteiger partial charge on any atom is 0.259 e. The molecule has 6 heteroatoms. The first-order valence-electron chi connectivity index (χ1n) is 6.37. The van der Waals surface area contributed by atoms with E-state index in [1.54, 1.807) is 13.0 Å². The zero-order chi connectivity index (χ0) is 16.0. The van der Waals surface area contributed by atoms with Crippen molar-refractivity contribution in [3.63, 3.8) is 0 Å². The predicted molar refractivity (Wildman–Crippen MR) is 78.7 cm³/mol. The molecule has 21 heavy (non-hydrogen) atoms. The monoisotopic (exact) mass is 305 g/mol. The quantitative estimate of drug-likeness (QED) is 0.906. The van der Waals surface area contributed by atoms with Crippen LogP contribution in [0, 0.1) is 28.6 Å². The van der Waals surface area contributed by atoms with Gasteiger partial charge in [-0.05, 0) is 31.0 Å². The molecule has 0 saturated heterocycles. The van der Waals surface area contributed by atoms with E-state index in [0.717, 1.165) is 0 Å². The van der Waals surface area contributed by atoms with Gasteiger partial charge < -0.3 is 10.1 Å². The molecule has 0 unspecified atom stereocenters. The van der Waals surface area contributed by atoms with E-state index in [-0.39, 0.29) is 17.5 Å². The van der Waals surface area contributed by atoms with E-state index >= 15 is 0 Å². The van der Waals surface area contributed by atoms with Crippen LogP contribution in [0.4, 0.5) is 0 Å². The van der Waals surface area contributed by atoms with Gasteiger partial charge in [-0.25, -0.2) is 0 Å². The minimum Gasteiger partial charge on any atom is -0.482 e. The van der Waals surface area contributed by atoms with Gasteiger partial charge in [0.05, 0.1) is 22.7 Å². The van der Waals surface area contributed by atoms with Crippen LogP contribution in [0.3, 0.4) is 0 Å². The van der Waals surface area contributed by atoms with Gasteiger partial charge in [0, 0.05) is 0 Å². The molecule has 1 N–H and O–H groups in total. The van der Waals surface area contributed by atoms with Crippen LogP contribution in [0.25, 0.3) is 0 Å². The SMILES string of the molecule is CC(C)[C@](C)(C#N)NC(=O)COc1ccc(C#N)cc1Cl. The highest BCUT2D eigenvalue weighted by Gasteiger charge is 2.30. The number of nitriles is 2. The second-order valence-electron chi connectivity index (χ2n) is 5.06. The Balaban J connectivity index is 2.66. The third kappa shape index (κ3) is 4.37. The first-order chi connectivity index (χ1) is 9.82. The summed E-state index contributed by atoms with van der Waals surface area (Å²) in [6.07, 6.45) is 0. The van der Waals surface area contributed by atoms with Crippen molar-refractivity contribution in [1.29, 1.82) is 10.5 Å². The van der Waals surface area contributed by atoms with E-state index in [0.29, 0.717) is 11.3 Å². The Hall–Kier alpha value is -2.24. The van der Waals surface area contributed by atoms with Crippen molar-refractivity contribution in [3.8, 4) is 17.9 Å². The van der Waals surface area contributed by atoms with Gasteiger partial charge >= 0.3 is 0 Å². The van der Waals surface area contributed by atoms with Crippen molar-refractivity contribution in [2.45, 2.75) is 26.3 Å². The summed E-state index contributed by atoms with van der Waals surface area (Å²) in [6, 6.07) is 8.58. The number of halogens is 1. The lowest BCUT2D eigenvalue weighted by Crippen LogP contribution is -2.50. The lowest BCUT2D eigenvalue weighted by Gasteiger charge is -2.27. The molecule has 0 aliphatic heterocycles. The molecule has 1 aromatic rings. The minimum absolute atomic E-state index is 0.0371. The van der Waals surface area contributed by atoms with Crippen LogP contribution in [0.5, 0.6) is 5.75 Å². The number of amides is 1. The zero-order valence-corrected chi connectivity index (χ0v) is 12.9. The fraction of sp³-hybridized carbons (Fsp3) is 0.400. The Morgan fingerprint density at radius 2 is 2.14 bits per heavy atom. The van der Waals surface area contributed by atoms with Crippen LogP contribution < -0.4 is 10.1 Å². The Bertz CT molecular complexity index is 616. The average Bonchev–Trinajstić information content (AvgIpc) is 2.45. The summed E-state index contributed by atoms with van der Waals surface area (Å²) >= 11 is 5.94. The number of ether oxygens (including phenoxy) is 1. The first kappa shape index (κ1) is 16.8. The Morgan fingerprint density at radius 1 is 1.48 bits per heavy atom. The summed E-state index contributed by atoms with van der Waals surface area (Å²) in [4.78, 5) is 11.8. The van der Waals surface area contributed by atoms with Crippen molar-refractivity contribution in [1.82, 2.24) is 5.32 Å². The Kier molecular flexibility index (Phi) is 5.58. The van der Waals surface area contributed by atoms with E-state index in [2.05, 4.69) is 11.4 Å². The molecule has 0 aliphatic carbocycles. The van der Waals surface area contributed by atoms with Crippen molar-refractivity contribution < 1.29 is 9.53 Å². The molecule has 0 fully saturated rings. The highest BCUT2D eigenvalue weighted by Crippen LogP contribution is 2.25. The van der Waals surface area contributed by atoms with Gasteiger partial charge in [0.25, 0.3) is 5.91 Å². The minimum atomic E-state index is -0.950. The van der Waals surface area contributed by atoms with Crippen molar-refractivity contribution in [3.05, 3.63) is 28.8 Å². The molecule has 0 heterocycles.